The van der Waals surface area contributed by atoms with Crippen molar-refractivity contribution in [2.45, 2.75) is 19.8 Å². The van der Waals surface area contributed by atoms with Crippen molar-refractivity contribution in [2.75, 3.05) is 16.8 Å². The number of rotatable bonds is 3. The van der Waals surface area contributed by atoms with Gasteiger partial charge in [-0.1, -0.05) is 34.1 Å². The highest BCUT2D eigenvalue weighted by Crippen LogP contribution is 2.28. The number of amides is 1. The number of carbonyl (C=O) groups is 1. The van der Waals surface area contributed by atoms with Crippen molar-refractivity contribution >= 4 is 33.2 Å². The average molecular weight is 396 g/mol. The molecule has 2 aromatic carbocycles. The Morgan fingerprint density at radius 2 is 2.12 bits per heavy atom. The first-order valence-electron chi connectivity index (χ1n) is 8.13. The number of nitrogens with one attached hydrogen (secondary N) is 1. The third kappa shape index (κ3) is 3.75. The minimum absolute atomic E-state index is 0.0947. The van der Waals surface area contributed by atoms with Gasteiger partial charge in [0, 0.05) is 28.6 Å². The number of nitriles is 1. The molecular formula is C20H18BrN3O. The summed E-state index contributed by atoms with van der Waals surface area (Å²) in [6.07, 6.45) is 3.35. The van der Waals surface area contributed by atoms with Crippen molar-refractivity contribution in [3.63, 3.8) is 0 Å². The van der Waals surface area contributed by atoms with E-state index in [-0.39, 0.29) is 11.5 Å². The zero-order valence-electron chi connectivity index (χ0n) is 13.9. The van der Waals surface area contributed by atoms with E-state index in [1.807, 2.05) is 55.5 Å². The maximum absolute atomic E-state index is 12.8. The molecule has 0 fully saturated rings. The van der Waals surface area contributed by atoms with Crippen LogP contribution in [-0.2, 0) is 11.2 Å². The fourth-order valence-corrected chi connectivity index (χ4v) is 3.17. The Bertz CT molecular complexity index is 883. The Balaban J connectivity index is 1.82. The summed E-state index contributed by atoms with van der Waals surface area (Å²) in [6.45, 7) is 2.62. The van der Waals surface area contributed by atoms with Crippen LogP contribution < -0.4 is 10.2 Å². The minimum atomic E-state index is -0.268. The molecule has 0 aliphatic carbocycles. The topological polar surface area (TPSA) is 56.1 Å². The molecule has 0 aromatic heterocycles. The van der Waals surface area contributed by atoms with E-state index in [2.05, 4.69) is 21.2 Å². The van der Waals surface area contributed by atoms with Crippen molar-refractivity contribution in [3.8, 4) is 6.07 Å². The zero-order valence-corrected chi connectivity index (χ0v) is 15.5. The van der Waals surface area contributed by atoms with Crippen LogP contribution in [0.25, 0.3) is 0 Å². The van der Waals surface area contributed by atoms with Crippen LogP contribution in [0.1, 0.15) is 17.5 Å². The highest BCUT2D eigenvalue weighted by Gasteiger charge is 2.24. The Labute approximate surface area is 155 Å². The van der Waals surface area contributed by atoms with Crippen molar-refractivity contribution < 1.29 is 4.79 Å². The van der Waals surface area contributed by atoms with Gasteiger partial charge >= 0.3 is 0 Å². The number of hydrogen-bond donors (Lipinski definition) is 1. The highest BCUT2D eigenvalue weighted by molar-refractivity contribution is 9.10. The van der Waals surface area contributed by atoms with Gasteiger partial charge in [-0.25, -0.2) is 0 Å². The lowest BCUT2D eigenvalue weighted by atomic mass is 10.0. The lowest BCUT2D eigenvalue weighted by molar-refractivity contribution is -0.114. The predicted octanol–water partition coefficient (Wildman–Crippen LogP) is 4.56. The van der Waals surface area contributed by atoms with Gasteiger partial charge in [0.2, 0.25) is 0 Å². The SMILES string of the molecule is Cc1cc(N/C=C(/C#N)C(=O)N2CCCc3ccccc32)ccc1Br. The maximum Gasteiger partial charge on any atom is 0.270 e. The summed E-state index contributed by atoms with van der Waals surface area (Å²) in [7, 11) is 0. The molecule has 5 heteroatoms. The van der Waals surface area contributed by atoms with Crippen LogP contribution >= 0.6 is 15.9 Å². The summed E-state index contributed by atoms with van der Waals surface area (Å²) < 4.78 is 1.02. The number of anilines is 2. The number of aryl methyl sites for hydroxylation is 2. The Hall–Kier alpha value is -2.58. The number of fused-ring (bicyclic) bond motifs is 1. The second kappa shape index (κ2) is 7.54. The van der Waals surface area contributed by atoms with E-state index >= 15 is 0 Å². The quantitative estimate of drug-likeness (QED) is 0.612. The third-order valence-corrected chi connectivity index (χ3v) is 5.14. The van der Waals surface area contributed by atoms with Crippen LogP contribution in [0.2, 0.25) is 0 Å². The molecule has 1 heterocycles. The minimum Gasteiger partial charge on any atom is -0.360 e. The van der Waals surface area contributed by atoms with Gasteiger partial charge in [0.15, 0.2) is 0 Å². The number of benzene rings is 2. The number of nitrogens with zero attached hydrogens (tertiary/aromatic N) is 2. The Kier molecular flexibility index (Phi) is 5.20. The van der Waals surface area contributed by atoms with E-state index in [0.717, 1.165) is 39.8 Å². The fraction of sp³-hybridized carbons (Fsp3) is 0.200. The molecule has 1 amide bonds. The first-order valence-corrected chi connectivity index (χ1v) is 8.92. The molecule has 0 spiro atoms. The molecule has 0 unspecified atom stereocenters. The van der Waals surface area contributed by atoms with E-state index < -0.39 is 0 Å². The van der Waals surface area contributed by atoms with Gasteiger partial charge < -0.3 is 10.2 Å². The highest BCUT2D eigenvalue weighted by atomic mass is 79.9. The number of halogens is 1. The van der Waals surface area contributed by atoms with E-state index in [1.165, 1.54) is 6.20 Å². The van der Waals surface area contributed by atoms with Gasteiger partial charge in [-0.2, -0.15) is 5.26 Å². The van der Waals surface area contributed by atoms with Gasteiger partial charge in [0.05, 0.1) is 0 Å². The third-order valence-electron chi connectivity index (χ3n) is 4.25. The van der Waals surface area contributed by atoms with Gasteiger partial charge in [-0.15, -0.1) is 0 Å². The molecule has 0 radical (unpaired) electrons. The van der Waals surface area contributed by atoms with Crippen LogP contribution in [-0.4, -0.2) is 12.5 Å². The Morgan fingerprint density at radius 3 is 2.88 bits per heavy atom. The van der Waals surface area contributed by atoms with Crippen LogP contribution in [0.15, 0.2) is 58.7 Å². The average Bonchev–Trinajstić information content (AvgIpc) is 2.64. The monoisotopic (exact) mass is 395 g/mol. The normalized spacial score (nSPS) is 13.8. The second-order valence-corrected chi connectivity index (χ2v) is 6.82. The molecule has 126 valence electrons. The van der Waals surface area contributed by atoms with Crippen LogP contribution in [0.4, 0.5) is 11.4 Å². The van der Waals surface area contributed by atoms with Crippen LogP contribution in [0, 0.1) is 18.3 Å². The molecule has 25 heavy (non-hydrogen) atoms. The maximum atomic E-state index is 12.8. The molecule has 0 saturated heterocycles. The fourth-order valence-electron chi connectivity index (χ4n) is 2.92. The smallest absolute Gasteiger partial charge is 0.270 e. The van der Waals surface area contributed by atoms with Gasteiger partial charge in [0.25, 0.3) is 5.91 Å². The van der Waals surface area contributed by atoms with Gasteiger partial charge in [-0.05, 0) is 55.2 Å². The number of carbonyl (C=O) groups excluding carboxylic acids is 1. The van der Waals surface area contributed by atoms with E-state index in [0.29, 0.717) is 6.54 Å². The van der Waals surface area contributed by atoms with Crippen LogP contribution in [0.5, 0.6) is 0 Å². The largest absolute Gasteiger partial charge is 0.360 e. The summed E-state index contributed by atoms with van der Waals surface area (Å²) >= 11 is 3.46. The molecule has 4 nitrogen and oxygen atoms in total. The summed E-state index contributed by atoms with van der Waals surface area (Å²) in [4.78, 5) is 14.5. The first-order chi connectivity index (χ1) is 12.1. The molecule has 0 bridgehead atoms. The van der Waals surface area contributed by atoms with Crippen molar-refractivity contribution in [1.82, 2.24) is 0 Å². The first kappa shape index (κ1) is 17.2. The van der Waals surface area contributed by atoms with Crippen molar-refractivity contribution in [3.05, 3.63) is 69.8 Å². The molecule has 3 rings (SSSR count). The van der Waals surface area contributed by atoms with E-state index in [4.69, 9.17) is 0 Å². The summed E-state index contributed by atoms with van der Waals surface area (Å²) in [6, 6.07) is 15.7. The molecule has 1 N–H and O–H groups in total. The number of hydrogen-bond acceptors (Lipinski definition) is 3. The number of para-hydroxylation sites is 1. The second-order valence-electron chi connectivity index (χ2n) is 5.97. The van der Waals surface area contributed by atoms with E-state index in [1.54, 1.807) is 4.90 Å². The van der Waals surface area contributed by atoms with Crippen molar-refractivity contribution in [1.29, 1.82) is 5.26 Å². The zero-order chi connectivity index (χ0) is 17.8. The molecule has 0 saturated carbocycles. The molecule has 2 aromatic rings. The predicted molar refractivity (Wildman–Crippen MR) is 103 cm³/mol. The molecular weight excluding hydrogens is 378 g/mol. The summed E-state index contributed by atoms with van der Waals surface area (Å²) in [5.41, 5.74) is 4.06. The van der Waals surface area contributed by atoms with E-state index in [9.17, 15) is 10.1 Å². The Morgan fingerprint density at radius 1 is 1.32 bits per heavy atom. The molecule has 0 atom stereocenters. The lowest BCUT2D eigenvalue weighted by Crippen LogP contribution is -2.36. The van der Waals surface area contributed by atoms with Gasteiger partial charge in [0.1, 0.15) is 11.6 Å². The lowest BCUT2D eigenvalue weighted by Gasteiger charge is -2.29. The van der Waals surface area contributed by atoms with Crippen LogP contribution in [0.3, 0.4) is 0 Å². The molecule has 1 aliphatic heterocycles. The van der Waals surface area contributed by atoms with Crippen molar-refractivity contribution in [2.24, 2.45) is 0 Å². The summed E-state index contributed by atoms with van der Waals surface area (Å²) in [5.74, 6) is -0.268. The molecule has 1 aliphatic rings. The standard InChI is InChI=1S/C20H18BrN3O/c1-14-11-17(8-9-18(14)21)23-13-16(12-22)20(25)24-10-4-6-15-5-2-3-7-19(15)24/h2-3,5,7-9,11,13,23H,4,6,10H2,1H3/b16-13-. The summed E-state index contributed by atoms with van der Waals surface area (Å²) in [5, 5.41) is 12.5. The van der Waals surface area contributed by atoms with Gasteiger partial charge in [-0.3, -0.25) is 4.79 Å².